The first-order valence-corrected chi connectivity index (χ1v) is 8.14. The number of thiophene rings is 1. The summed E-state index contributed by atoms with van der Waals surface area (Å²) in [5.41, 5.74) is 0. The molecule has 1 saturated carbocycles. The van der Waals surface area contributed by atoms with Gasteiger partial charge in [0.25, 0.3) is 0 Å². The zero-order valence-electron chi connectivity index (χ0n) is 12.4. The maximum Gasteiger partial charge on any atom is 0.317 e. The molecule has 2 N–H and O–H groups in total. The van der Waals surface area contributed by atoms with Crippen LogP contribution in [0.3, 0.4) is 0 Å². The fourth-order valence-electron chi connectivity index (χ4n) is 2.37. The van der Waals surface area contributed by atoms with Crippen LogP contribution in [0.4, 0.5) is 0 Å². The van der Waals surface area contributed by atoms with E-state index in [0.29, 0.717) is 5.92 Å². The zero-order chi connectivity index (χ0) is 15.4. The molecule has 1 amide bonds. The van der Waals surface area contributed by atoms with Crippen LogP contribution in [0.25, 0.3) is 0 Å². The molecule has 2 rings (SSSR count). The Hall–Kier alpha value is -1.40. The van der Waals surface area contributed by atoms with Gasteiger partial charge in [0.1, 0.15) is 0 Å². The van der Waals surface area contributed by atoms with Gasteiger partial charge >= 0.3 is 5.97 Å². The number of nitrogens with zero attached hydrogens (tertiary/aromatic N) is 1. The number of carbonyl (C=O) groups excluding carboxylic acids is 1. The van der Waals surface area contributed by atoms with Crippen LogP contribution in [-0.2, 0) is 9.59 Å². The summed E-state index contributed by atoms with van der Waals surface area (Å²) >= 11 is 1.63. The zero-order valence-corrected chi connectivity index (χ0v) is 13.2. The number of carboxylic acid groups (broad SMARTS) is 1. The number of carboxylic acids is 1. The molecule has 6 heteroatoms. The van der Waals surface area contributed by atoms with Gasteiger partial charge < -0.3 is 10.4 Å². The number of nitrogens with one attached hydrogen (secondary N) is 1. The first kappa shape index (κ1) is 16.0. The molecule has 0 radical (unpaired) electrons. The van der Waals surface area contributed by atoms with Gasteiger partial charge in [0, 0.05) is 10.9 Å². The second-order valence-electron chi connectivity index (χ2n) is 5.83. The third-order valence-corrected chi connectivity index (χ3v) is 4.54. The molecule has 1 aromatic rings. The normalized spacial score (nSPS) is 16.2. The van der Waals surface area contributed by atoms with Crippen LogP contribution >= 0.6 is 11.3 Å². The van der Waals surface area contributed by atoms with Crippen LogP contribution in [0.1, 0.15) is 37.6 Å². The molecular formula is C15H22N2O3S. The second kappa shape index (κ2) is 7.04. The van der Waals surface area contributed by atoms with Gasteiger partial charge in [-0.1, -0.05) is 19.9 Å². The van der Waals surface area contributed by atoms with Crippen molar-refractivity contribution in [3.05, 3.63) is 22.4 Å². The molecule has 0 aromatic carbocycles. The van der Waals surface area contributed by atoms with Crippen LogP contribution in [0.15, 0.2) is 17.5 Å². The first-order chi connectivity index (χ1) is 9.97. The highest BCUT2D eigenvalue weighted by Crippen LogP contribution is 2.27. The molecular weight excluding hydrogens is 288 g/mol. The molecule has 0 aliphatic heterocycles. The number of aliphatic carboxylic acids is 1. The smallest absolute Gasteiger partial charge is 0.317 e. The fraction of sp³-hybridized carbons (Fsp3) is 0.600. The summed E-state index contributed by atoms with van der Waals surface area (Å²) in [6.07, 6.45) is 1.97. The van der Waals surface area contributed by atoms with E-state index >= 15 is 0 Å². The summed E-state index contributed by atoms with van der Waals surface area (Å²) in [6.45, 7) is 4.23. The summed E-state index contributed by atoms with van der Waals surface area (Å²) < 4.78 is 0. The molecule has 21 heavy (non-hydrogen) atoms. The molecule has 116 valence electrons. The average Bonchev–Trinajstić information content (AvgIpc) is 3.10. The van der Waals surface area contributed by atoms with Crippen molar-refractivity contribution in [1.82, 2.24) is 10.2 Å². The highest BCUT2D eigenvalue weighted by atomic mass is 32.1. The molecule has 0 bridgehead atoms. The van der Waals surface area contributed by atoms with Crippen molar-refractivity contribution in [2.24, 2.45) is 5.92 Å². The van der Waals surface area contributed by atoms with Crippen molar-refractivity contribution in [3.8, 4) is 0 Å². The topological polar surface area (TPSA) is 69.6 Å². The second-order valence-corrected chi connectivity index (χ2v) is 6.81. The number of carbonyl (C=O) groups is 2. The van der Waals surface area contributed by atoms with E-state index in [0.717, 1.165) is 17.7 Å². The van der Waals surface area contributed by atoms with Crippen molar-refractivity contribution in [1.29, 1.82) is 0 Å². The average molecular weight is 310 g/mol. The van der Waals surface area contributed by atoms with Gasteiger partial charge in [0.2, 0.25) is 5.91 Å². The minimum absolute atomic E-state index is 0.0108. The van der Waals surface area contributed by atoms with Gasteiger partial charge in [0.05, 0.1) is 19.1 Å². The van der Waals surface area contributed by atoms with E-state index in [1.165, 1.54) is 0 Å². The lowest BCUT2D eigenvalue weighted by atomic mass is 10.0. The molecule has 5 nitrogen and oxygen atoms in total. The molecule has 1 heterocycles. The largest absolute Gasteiger partial charge is 0.480 e. The van der Waals surface area contributed by atoms with E-state index in [4.69, 9.17) is 5.11 Å². The number of hydrogen-bond donors (Lipinski definition) is 2. The molecule has 1 aromatic heterocycles. The molecule has 1 unspecified atom stereocenters. The van der Waals surface area contributed by atoms with Gasteiger partial charge in [-0.15, -0.1) is 11.3 Å². The first-order valence-electron chi connectivity index (χ1n) is 7.26. The summed E-state index contributed by atoms with van der Waals surface area (Å²) in [5.74, 6) is -0.690. The Kier molecular flexibility index (Phi) is 5.36. The third-order valence-electron chi connectivity index (χ3n) is 3.58. The van der Waals surface area contributed by atoms with Gasteiger partial charge in [-0.3, -0.25) is 14.5 Å². The predicted octanol–water partition coefficient (Wildman–Crippen LogP) is 2.11. The Balaban J connectivity index is 1.93. The van der Waals surface area contributed by atoms with Gasteiger partial charge in [0.15, 0.2) is 0 Å². The molecule has 1 aliphatic carbocycles. The lowest BCUT2D eigenvalue weighted by Gasteiger charge is -2.24. The van der Waals surface area contributed by atoms with Crippen molar-refractivity contribution < 1.29 is 14.7 Å². The van der Waals surface area contributed by atoms with Gasteiger partial charge in [-0.05, 0) is 30.2 Å². The van der Waals surface area contributed by atoms with E-state index in [2.05, 4.69) is 19.2 Å². The minimum Gasteiger partial charge on any atom is -0.480 e. The van der Waals surface area contributed by atoms with Crippen molar-refractivity contribution in [2.45, 2.75) is 38.8 Å². The monoisotopic (exact) mass is 310 g/mol. The summed E-state index contributed by atoms with van der Waals surface area (Å²) in [7, 11) is 0. The van der Waals surface area contributed by atoms with Crippen molar-refractivity contribution in [3.63, 3.8) is 0 Å². The van der Waals surface area contributed by atoms with Crippen LogP contribution in [-0.4, -0.2) is 41.0 Å². The fourth-order valence-corrected chi connectivity index (χ4v) is 3.31. The van der Waals surface area contributed by atoms with Crippen LogP contribution in [0.2, 0.25) is 0 Å². The van der Waals surface area contributed by atoms with Crippen molar-refractivity contribution in [2.75, 3.05) is 13.1 Å². The molecule has 0 saturated heterocycles. The summed E-state index contributed by atoms with van der Waals surface area (Å²) in [4.78, 5) is 26.0. The molecule has 1 fully saturated rings. The van der Waals surface area contributed by atoms with E-state index in [1.54, 1.807) is 16.2 Å². The van der Waals surface area contributed by atoms with Crippen LogP contribution < -0.4 is 5.32 Å². The molecule has 1 atom stereocenters. The third kappa shape index (κ3) is 4.82. The van der Waals surface area contributed by atoms with E-state index in [-0.39, 0.29) is 31.1 Å². The van der Waals surface area contributed by atoms with Crippen LogP contribution in [0.5, 0.6) is 0 Å². The highest BCUT2D eigenvalue weighted by molar-refractivity contribution is 7.10. The molecule has 1 aliphatic rings. The Bertz CT molecular complexity index is 483. The number of hydrogen-bond acceptors (Lipinski definition) is 4. The Morgan fingerprint density at radius 3 is 2.62 bits per heavy atom. The standard InChI is InChI=1S/C15H22N2O3S/c1-10(2)15(12-4-3-7-21-12)16-13(18)8-17(9-14(19)20)11-5-6-11/h3-4,7,10-11,15H,5-6,8-9H2,1-2H3,(H,16,18)(H,19,20). The van der Waals surface area contributed by atoms with Gasteiger partial charge in [-0.2, -0.15) is 0 Å². The summed E-state index contributed by atoms with van der Waals surface area (Å²) in [6, 6.07) is 4.24. The minimum atomic E-state index is -0.881. The predicted molar refractivity (Wildman–Crippen MR) is 82.3 cm³/mol. The number of amides is 1. The lowest BCUT2D eigenvalue weighted by Crippen LogP contribution is -2.42. The Labute approximate surface area is 129 Å². The van der Waals surface area contributed by atoms with E-state index < -0.39 is 5.97 Å². The SMILES string of the molecule is CC(C)C(NC(=O)CN(CC(=O)O)C1CC1)c1cccs1. The Morgan fingerprint density at radius 1 is 1.43 bits per heavy atom. The van der Waals surface area contributed by atoms with E-state index in [9.17, 15) is 9.59 Å². The number of rotatable bonds is 8. The van der Waals surface area contributed by atoms with Gasteiger partial charge in [-0.25, -0.2) is 0 Å². The maximum absolute atomic E-state index is 12.2. The maximum atomic E-state index is 12.2. The Morgan fingerprint density at radius 2 is 2.14 bits per heavy atom. The van der Waals surface area contributed by atoms with Crippen molar-refractivity contribution >= 4 is 23.2 Å². The highest BCUT2D eigenvalue weighted by Gasteiger charge is 2.32. The lowest BCUT2D eigenvalue weighted by molar-refractivity contribution is -0.139. The quantitative estimate of drug-likeness (QED) is 0.771. The summed E-state index contributed by atoms with van der Waals surface area (Å²) in [5, 5.41) is 14.0. The van der Waals surface area contributed by atoms with Crippen LogP contribution in [0, 0.1) is 5.92 Å². The van der Waals surface area contributed by atoms with E-state index in [1.807, 2.05) is 17.5 Å². The molecule has 0 spiro atoms.